The van der Waals surface area contributed by atoms with E-state index in [1.54, 1.807) is 16.8 Å². The Morgan fingerprint density at radius 1 is 1.10 bits per heavy atom. The number of anilines is 2. The largest absolute Gasteiger partial charge is 0.326 e. The Bertz CT molecular complexity index is 1340. The molecule has 0 unspecified atom stereocenters. The molecule has 9 heteroatoms. The molecule has 0 bridgehead atoms. The number of fused-ring (bicyclic) bond motifs is 2. The first-order valence-corrected chi connectivity index (χ1v) is 11.0. The van der Waals surface area contributed by atoms with Gasteiger partial charge in [0.25, 0.3) is 10.0 Å². The summed E-state index contributed by atoms with van der Waals surface area (Å²) in [6.45, 7) is 4.03. The van der Waals surface area contributed by atoms with E-state index in [-0.39, 0.29) is 16.6 Å². The lowest BCUT2D eigenvalue weighted by Gasteiger charge is -2.07. The van der Waals surface area contributed by atoms with Gasteiger partial charge in [0.15, 0.2) is 11.5 Å². The van der Waals surface area contributed by atoms with E-state index in [0.29, 0.717) is 23.3 Å². The van der Waals surface area contributed by atoms with Crippen LogP contribution in [-0.2, 0) is 21.4 Å². The molecule has 30 heavy (non-hydrogen) atoms. The fourth-order valence-electron chi connectivity index (χ4n) is 3.25. The Morgan fingerprint density at radius 3 is 2.53 bits per heavy atom. The maximum Gasteiger partial charge on any atom is 0.263 e. The van der Waals surface area contributed by atoms with Crippen LogP contribution < -0.4 is 10.0 Å². The van der Waals surface area contributed by atoms with Crippen LogP contribution in [0.3, 0.4) is 0 Å². The standard InChI is InChI=1S/C21H21N5O3S/c1-3-12-26-21-18(13-15-6-4-5-7-19(15)23-21)20(24-26)25-30(28,29)17-10-8-16(9-11-17)22-14(2)27/h4-11,13H,3,12H2,1-2H3,(H,22,27)(H,24,25). The highest BCUT2D eigenvalue weighted by Crippen LogP contribution is 2.28. The number of rotatable bonds is 6. The molecule has 1 amide bonds. The average molecular weight is 423 g/mol. The number of aryl methyl sites for hydroxylation is 1. The van der Waals surface area contributed by atoms with Crippen LogP contribution in [0.5, 0.6) is 0 Å². The van der Waals surface area contributed by atoms with Crippen LogP contribution in [0.1, 0.15) is 20.3 Å². The molecule has 0 saturated carbocycles. The molecule has 0 spiro atoms. The average Bonchev–Trinajstić information content (AvgIpc) is 3.02. The maximum atomic E-state index is 12.9. The van der Waals surface area contributed by atoms with Crippen LogP contribution in [0.15, 0.2) is 59.5 Å². The van der Waals surface area contributed by atoms with Crippen molar-refractivity contribution < 1.29 is 13.2 Å². The second-order valence-electron chi connectivity index (χ2n) is 6.94. The van der Waals surface area contributed by atoms with Gasteiger partial charge < -0.3 is 5.32 Å². The molecular formula is C21H21N5O3S. The second kappa shape index (κ2) is 7.75. The highest BCUT2D eigenvalue weighted by molar-refractivity contribution is 7.92. The zero-order valence-electron chi connectivity index (χ0n) is 16.6. The van der Waals surface area contributed by atoms with Crippen molar-refractivity contribution in [1.29, 1.82) is 0 Å². The molecule has 8 nitrogen and oxygen atoms in total. The summed E-state index contributed by atoms with van der Waals surface area (Å²) in [4.78, 5) is 15.9. The molecule has 0 aliphatic heterocycles. The summed E-state index contributed by atoms with van der Waals surface area (Å²) in [5.41, 5.74) is 1.98. The predicted molar refractivity (Wildman–Crippen MR) is 117 cm³/mol. The lowest BCUT2D eigenvalue weighted by Crippen LogP contribution is -2.14. The molecule has 2 heterocycles. The number of para-hydroxylation sites is 1. The van der Waals surface area contributed by atoms with E-state index in [2.05, 4.69) is 20.1 Å². The number of pyridine rings is 1. The Balaban J connectivity index is 1.75. The minimum atomic E-state index is -3.87. The zero-order chi connectivity index (χ0) is 21.3. The van der Waals surface area contributed by atoms with Gasteiger partial charge >= 0.3 is 0 Å². The van der Waals surface area contributed by atoms with E-state index < -0.39 is 10.0 Å². The number of benzene rings is 2. The third-order valence-electron chi connectivity index (χ3n) is 4.58. The van der Waals surface area contributed by atoms with Crippen LogP contribution >= 0.6 is 0 Å². The van der Waals surface area contributed by atoms with Crippen molar-refractivity contribution in [3.05, 3.63) is 54.6 Å². The summed E-state index contributed by atoms with van der Waals surface area (Å²) in [6, 6.07) is 15.5. The lowest BCUT2D eigenvalue weighted by molar-refractivity contribution is -0.114. The van der Waals surface area contributed by atoms with E-state index in [4.69, 9.17) is 0 Å². The minimum Gasteiger partial charge on any atom is -0.326 e. The first-order chi connectivity index (χ1) is 14.4. The Hall–Kier alpha value is -3.46. The number of nitrogens with zero attached hydrogens (tertiary/aromatic N) is 3. The molecule has 2 aromatic carbocycles. The summed E-state index contributed by atoms with van der Waals surface area (Å²) in [5.74, 6) is 0.0130. The normalized spacial score (nSPS) is 11.7. The van der Waals surface area contributed by atoms with Crippen molar-refractivity contribution in [1.82, 2.24) is 14.8 Å². The van der Waals surface area contributed by atoms with Gasteiger partial charge in [-0.3, -0.25) is 9.52 Å². The summed E-state index contributed by atoms with van der Waals surface area (Å²) >= 11 is 0. The van der Waals surface area contributed by atoms with E-state index in [0.717, 1.165) is 17.3 Å². The Kier molecular flexibility index (Phi) is 5.13. The monoisotopic (exact) mass is 423 g/mol. The molecule has 0 aliphatic carbocycles. The van der Waals surface area contributed by atoms with Crippen molar-refractivity contribution in [2.45, 2.75) is 31.7 Å². The summed E-state index contributed by atoms with van der Waals surface area (Å²) < 4.78 is 30.2. The van der Waals surface area contributed by atoms with Crippen LogP contribution in [0.2, 0.25) is 0 Å². The van der Waals surface area contributed by atoms with Crippen LogP contribution in [0.25, 0.3) is 21.9 Å². The van der Waals surface area contributed by atoms with Gasteiger partial charge in [-0.15, -0.1) is 0 Å². The molecule has 2 N–H and O–H groups in total. The van der Waals surface area contributed by atoms with E-state index in [9.17, 15) is 13.2 Å². The molecule has 0 aliphatic rings. The first-order valence-electron chi connectivity index (χ1n) is 9.54. The van der Waals surface area contributed by atoms with Gasteiger partial charge in [0, 0.05) is 24.5 Å². The molecule has 0 atom stereocenters. The Labute approximate surface area is 174 Å². The molecule has 4 rings (SSSR count). The molecule has 0 radical (unpaired) electrons. The van der Waals surface area contributed by atoms with Crippen LogP contribution in [-0.4, -0.2) is 29.1 Å². The summed E-state index contributed by atoms with van der Waals surface area (Å²) in [7, 11) is -3.87. The maximum absolute atomic E-state index is 12.9. The molecule has 154 valence electrons. The van der Waals surface area contributed by atoms with Crippen LogP contribution in [0.4, 0.5) is 11.5 Å². The fourth-order valence-corrected chi connectivity index (χ4v) is 4.27. The van der Waals surface area contributed by atoms with Gasteiger partial charge in [-0.05, 0) is 42.8 Å². The number of carbonyl (C=O) groups excluding carboxylic acids is 1. The van der Waals surface area contributed by atoms with Crippen molar-refractivity contribution in [2.24, 2.45) is 0 Å². The summed E-state index contributed by atoms with van der Waals surface area (Å²) in [5, 5.41) is 8.63. The minimum absolute atomic E-state index is 0.0727. The zero-order valence-corrected chi connectivity index (χ0v) is 17.4. The predicted octanol–water partition coefficient (Wildman–Crippen LogP) is 3.75. The summed E-state index contributed by atoms with van der Waals surface area (Å²) in [6.07, 6.45) is 0.835. The molecule has 0 saturated heterocycles. The molecule has 2 aromatic heterocycles. The number of aromatic nitrogens is 3. The van der Waals surface area contributed by atoms with E-state index in [1.165, 1.54) is 19.1 Å². The van der Waals surface area contributed by atoms with E-state index >= 15 is 0 Å². The lowest BCUT2D eigenvalue weighted by atomic mass is 10.2. The van der Waals surface area contributed by atoms with E-state index in [1.807, 2.05) is 37.3 Å². The van der Waals surface area contributed by atoms with Crippen LogP contribution in [0, 0.1) is 0 Å². The highest BCUT2D eigenvalue weighted by Gasteiger charge is 2.20. The van der Waals surface area contributed by atoms with Crippen molar-refractivity contribution >= 4 is 49.4 Å². The number of sulfonamides is 1. The van der Waals surface area contributed by atoms with Gasteiger partial charge in [0.05, 0.1) is 15.8 Å². The molecule has 4 aromatic rings. The van der Waals surface area contributed by atoms with Gasteiger partial charge in [-0.1, -0.05) is 25.1 Å². The SMILES string of the molecule is CCCn1nc(NS(=O)(=O)c2ccc(NC(C)=O)cc2)c2cc3ccccc3nc21. The van der Waals surface area contributed by atoms with Crippen molar-refractivity contribution in [2.75, 3.05) is 10.0 Å². The smallest absolute Gasteiger partial charge is 0.263 e. The van der Waals surface area contributed by atoms with Gasteiger partial charge in [-0.2, -0.15) is 5.10 Å². The van der Waals surface area contributed by atoms with Crippen molar-refractivity contribution in [3.8, 4) is 0 Å². The second-order valence-corrected chi connectivity index (χ2v) is 8.62. The molecular weight excluding hydrogens is 402 g/mol. The fraction of sp³-hybridized carbons (Fsp3) is 0.190. The van der Waals surface area contributed by atoms with Gasteiger partial charge in [-0.25, -0.2) is 18.1 Å². The first kappa shape index (κ1) is 19.8. The third kappa shape index (κ3) is 3.84. The highest BCUT2D eigenvalue weighted by atomic mass is 32.2. The van der Waals surface area contributed by atoms with Gasteiger partial charge in [0.2, 0.25) is 5.91 Å². The Morgan fingerprint density at radius 2 is 1.83 bits per heavy atom. The number of carbonyl (C=O) groups is 1. The quantitative estimate of drug-likeness (QED) is 0.491. The number of hydrogen-bond acceptors (Lipinski definition) is 5. The topological polar surface area (TPSA) is 106 Å². The third-order valence-corrected chi connectivity index (χ3v) is 5.93. The van der Waals surface area contributed by atoms with Crippen molar-refractivity contribution in [3.63, 3.8) is 0 Å². The number of amides is 1. The number of hydrogen-bond donors (Lipinski definition) is 2. The number of nitrogens with one attached hydrogen (secondary N) is 2. The molecule has 0 fully saturated rings. The van der Waals surface area contributed by atoms with Gasteiger partial charge in [0.1, 0.15) is 0 Å².